The van der Waals surface area contributed by atoms with E-state index in [1.165, 1.54) is 6.92 Å². The highest BCUT2D eigenvalue weighted by Crippen LogP contribution is 2.36. The van der Waals surface area contributed by atoms with Gasteiger partial charge in [0.25, 0.3) is 0 Å². The summed E-state index contributed by atoms with van der Waals surface area (Å²) in [5.74, 6) is 0.101. The van der Waals surface area contributed by atoms with E-state index in [9.17, 15) is 9.90 Å². The Morgan fingerprint density at radius 2 is 2.14 bits per heavy atom. The van der Waals surface area contributed by atoms with Crippen LogP contribution in [0.3, 0.4) is 0 Å². The highest BCUT2D eigenvalue weighted by Gasteiger charge is 2.46. The molecule has 8 heteroatoms. The van der Waals surface area contributed by atoms with Gasteiger partial charge in [-0.1, -0.05) is 13.3 Å². The molecule has 1 saturated heterocycles. The van der Waals surface area contributed by atoms with Crippen molar-refractivity contribution in [2.24, 2.45) is 5.92 Å². The van der Waals surface area contributed by atoms with Crippen LogP contribution in [0.25, 0.3) is 0 Å². The average Bonchev–Trinajstić information content (AvgIpc) is 2.44. The fourth-order valence-corrected chi connectivity index (χ4v) is 3.59. The summed E-state index contributed by atoms with van der Waals surface area (Å²) in [7, 11) is 4.29. The van der Waals surface area contributed by atoms with Crippen LogP contribution in [0.5, 0.6) is 0 Å². The van der Waals surface area contributed by atoms with Gasteiger partial charge in [-0.25, -0.2) is 0 Å². The van der Waals surface area contributed by atoms with Gasteiger partial charge < -0.3 is 24.2 Å². The fraction of sp³-hybridized carbons (Fsp3) is 0.929. The fourth-order valence-electron chi connectivity index (χ4n) is 3.16. The van der Waals surface area contributed by atoms with Crippen LogP contribution in [0.1, 0.15) is 40.5 Å². The van der Waals surface area contributed by atoms with Crippen LogP contribution in [-0.2, 0) is 18.6 Å². The van der Waals surface area contributed by atoms with Crippen LogP contribution in [0, 0.1) is 5.92 Å². The van der Waals surface area contributed by atoms with Gasteiger partial charge in [-0.15, -0.1) is 0 Å². The molecule has 6 nitrogen and oxygen atoms in total. The molecule has 2 N–H and O–H groups in total. The van der Waals surface area contributed by atoms with Crippen molar-refractivity contribution in [2.75, 3.05) is 6.61 Å². The number of ether oxygens (including phenoxy) is 1. The van der Waals surface area contributed by atoms with Crippen molar-refractivity contribution in [3.05, 3.63) is 0 Å². The van der Waals surface area contributed by atoms with Crippen molar-refractivity contribution in [3.63, 3.8) is 0 Å². The van der Waals surface area contributed by atoms with Crippen molar-refractivity contribution in [2.45, 2.75) is 70.5 Å². The standard InChI is InChI=1S/C14H29NO5P2/c1-5-9-6-14(3,4)19-13(11(9)15-8(2)16)12(17)10(20-22)7-18-21/h9-13,17H,5-7,21-22H2,1-4H3,(H,15,16)/t9-,10+,11+,12+,13+/m0/s1. The van der Waals surface area contributed by atoms with E-state index < -0.39 is 18.3 Å². The summed E-state index contributed by atoms with van der Waals surface area (Å²) in [5.41, 5.74) is -0.367. The lowest BCUT2D eigenvalue weighted by molar-refractivity contribution is -0.195. The number of aliphatic hydroxyl groups excluding tert-OH is 1. The second-order valence-electron chi connectivity index (χ2n) is 6.44. The first-order valence-corrected chi connectivity index (χ1v) is 8.50. The Morgan fingerprint density at radius 1 is 1.50 bits per heavy atom. The summed E-state index contributed by atoms with van der Waals surface area (Å²) in [4.78, 5) is 11.6. The topological polar surface area (TPSA) is 77.0 Å². The zero-order valence-electron chi connectivity index (χ0n) is 13.7. The number of carbonyl (C=O) groups is 1. The average molecular weight is 353 g/mol. The van der Waals surface area contributed by atoms with Crippen LogP contribution < -0.4 is 5.32 Å². The molecule has 0 aromatic heterocycles. The summed E-state index contributed by atoms with van der Waals surface area (Å²) >= 11 is 0. The molecular weight excluding hydrogens is 324 g/mol. The molecule has 22 heavy (non-hydrogen) atoms. The van der Waals surface area contributed by atoms with E-state index in [2.05, 4.69) is 31.2 Å². The second-order valence-corrected chi connectivity index (χ2v) is 7.04. The number of hydrogen-bond donors (Lipinski definition) is 2. The Balaban J connectivity index is 3.03. The highest BCUT2D eigenvalue weighted by atomic mass is 31.0. The molecule has 1 rings (SSSR count). The molecule has 1 amide bonds. The molecule has 7 atom stereocenters. The van der Waals surface area contributed by atoms with Gasteiger partial charge in [0.1, 0.15) is 18.3 Å². The molecule has 0 aromatic rings. The molecule has 0 saturated carbocycles. The van der Waals surface area contributed by atoms with E-state index in [1.54, 1.807) is 0 Å². The molecule has 1 aliphatic heterocycles. The molecular formula is C14H29NO5P2. The first-order valence-electron chi connectivity index (χ1n) is 7.56. The first kappa shape index (κ1) is 20.2. The third-order valence-corrected chi connectivity index (χ3v) is 4.66. The van der Waals surface area contributed by atoms with Crippen LogP contribution >= 0.6 is 18.9 Å². The van der Waals surface area contributed by atoms with E-state index in [-0.39, 0.29) is 30.1 Å². The zero-order valence-corrected chi connectivity index (χ0v) is 16.1. The molecule has 130 valence electrons. The van der Waals surface area contributed by atoms with Crippen molar-refractivity contribution in [3.8, 4) is 0 Å². The quantitative estimate of drug-likeness (QED) is 0.677. The molecule has 0 bridgehead atoms. The van der Waals surface area contributed by atoms with E-state index in [0.29, 0.717) is 0 Å². The number of hydrogen-bond acceptors (Lipinski definition) is 5. The summed E-state index contributed by atoms with van der Waals surface area (Å²) in [5, 5.41) is 13.6. The van der Waals surface area contributed by atoms with Crippen molar-refractivity contribution in [1.29, 1.82) is 0 Å². The van der Waals surface area contributed by atoms with Gasteiger partial charge in [0.15, 0.2) is 0 Å². The Labute approximate surface area is 137 Å². The minimum atomic E-state index is -0.913. The van der Waals surface area contributed by atoms with E-state index in [0.717, 1.165) is 12.8 Å². The number of aliphatic hydroxyl groups is 1. The normalized spacial score (nSPS) is 30.6. The van der Waals surface area contributed by atoms with E-state index in [1.807, 2.05) is 13.8 Å². The molecule has 1 aliphatic rings. The van der Waals surface area contributed by atoms with Gasteiger partial charge in [-0.2, -0.15) is 0 Å². The maximum Gasteiger partial charge on any atom is 0.217 e. The predicted octanol–water partition coefficient (Wildman–Crippen LogP) is 1.43. The smallest absolute Gasteiger partial charge is 0.217 e. The lowest BCUT2D eigenvalue weighted by atomic mass is 9.78. The van der Waals surface area contributed by atoms with Crippen molar-refractivity contribution in [1.82, 2.24) is 5.32 Å². The summed E-state index contributed by atoms with van der Waals surface area (Å²) < 4.78 is 16.3. The maximum absolute atomic E-state index is 11.6. The van der Waals surface area contributed by atoms with Gasteiger partial charge in [0.05, 0.1) is 18.2 Å². The Hall–Kier alpha value is 0.170. The minimum absolute atomic E-state index is 0.130. The van der Waals surface area contributed by atoms with Crippen LogP contribution in [0.15, 0.2) is 0 Å². The number of rotatable bonds is 7. The number of carbonyl (C=O) groups excluding carboxylic acids is 1. The predicted molar refractivity (Wildman–Crippen MR) is 91.2 cm³/mol. The van der Waals surface area contributed by atoms with E-state index in [4.69, 9.17) is 13.8 Å². The summed E-state index contributed by atoms with van der Waals surface area (Å²) in [6.07, 6.45) is -0.306. The highest BCUT2D eigenvalue weighted by molar-refractivity contribution is 7.10. The Morgan fingerprint density at radius 3 is 2.59 bits per heavy atom. The monoisotopic (exact) mass is 353 g/mol. The largest absolute Gasteiger partial charge is 0.388 e. The lowest BCUT2D eigenvalue weighted by Crippen LogP contribution is -2.62. The van der Waals surface area contributed by atoms with Crippen LogP contribution in [0.2, 0.25) is 0 Å². The second kappa shape index (κ2) is 8.86. The SMILES string of the molecule is CC[C@H]1CC(C)(C)O[C@@H]([C@H](O)[C@@H](COP)OP)[C@@H]1NC(C)=O. The van der Waals surface area contributed by atoms with E-state index >= 15 is 0 Å². The number of nitrogens with one attached hydrogen (secondary N) is 1. The molecule has 0 radical (unpaired) electrons. The summed E-state index contributed by atoms with van der Waals surface area (Å²) in [6, 6.07) is -0.252. The molecule has 0 spiro atoms. The molecule has 2 unspecified atom stereocenters. The number of amides is 1. The molecule has 0 aliphatic carbocycles. The van der Waals surface area contributed by atoms with Gasteiger partial charge in [0, 0.05) is 25.9 Å². The summed E-state index contributed by atoms with van der Waals surface area (Å²) in [6.45, 7) is 7.77. The Kier molecular flexibility index (Phi) is 8.15. The third-order valence-electron chi connectivity index (χ3n) is 4.12. The van der Waals surface area contributed by atoms with Gasteiger partial charge in [-0.3, -0.25) is 4.79 Å². The zero-order chi connectivity index (χ0) is 16.9. The molecule has 1 heterocycles. The Bertz CT molecular complexity index is 369. The van der Waals surface area contributed by atoms with Crippen molar-refractivity contribution >= 4 is 24.8 Å². The maximum atomic E-state index is 11.6. The lowest BCUT2D eigenvalue weighted by Gasteiger charge is -2.48. The van der Waals surface area contributed by atoms with Crippen LogP contribution in [-0.4, -0.2) is 47.6 Å². The van der Waals surface area contributed by atoms with Crippen LogP contribution in [0.4, 0.5) is 0 Å². The third kappa shape index (κ3) is 5.36. The molecule has 0 aromatic carbocycles. The van der Waals surface area contributed by atoms with Gasteiger partial charge in [0.2, 0.25) is 5.91 Å². The van der Waals surface area contributed by atoms with Gasteiger partial charge >= 0.3 is 0 Å². The first-order chi connectivity index (χ1) is 10.3. The van der Waals surface area contributed by atoms with Crippen molar-refractivity contribution < 1.29 is 23.7 Å². The minimum Gasteiger partial charge on any atom is -0.388 e. The molecule has 1 fully saturated rings. The van der Waals surface area contributed by atoms with Gasteiger partial charge in [-0.05, 0) is 26.2 Å².